The van der Waals surface area contributed by atoms with E-state index in [0.717, 1.165) is 113 Å². The molecule has 2 aromatic heterocycles. The SMILES string of the molecule is CC1CC[C@@H](c2nc3c([nH]2)CCc2cc4c(cc2-3)OCc2cc(-c3nc([C@@H]5C[C@H](C)CN5C(=O)OC(C)(C)C)[nH]c3C3CC3)ccc2-4)N1C(=O)O. The van der Waals surface area contributed by atoms with Crippen LogP contribution in [0.4, 0.5) is 9.59 Å². The molecule has 2 amide bonds. The zero-order chi connectivity index (χ0) is 35.3. The van der Waals surface area contributed by atoms with E-state index in [1.807, 2.05) is 32.6 Å². The number of fused-ring (bicyclic) bond motifs is 6. The van der Waals surface area contributed by atoms with Gasteiger partial charge in [0, 0.05) is 46.6 Å². The van der Waals surface area contributed by atoms with Crippen molar-refractivity contribution in [1.29, 1.82) is 0 Å². The molecule has 5 heterocycles. The molecule has 4 aromatic rings. The minimum Gasteiger partial charge on any atom is -0.488 e. The second-order valence-corrected chi connectivity index (χ2v) is 16.4. The molecular formula is C40H46N6O5. The van der Waals surface area contributed by atoms with Crippen LogP contribution in [0.15, 0.2) is 30.3 Å². The van der Waals surface area contributed by atoms with Crippen LogP contribution in [0, 0.1) is 5.92 Å². The lowest BCUT2D eigenvalue weighted by atomic mass is 9.86. The fourth-order valence-corrected chi connectivity index (χ4v) is 8.76. The molecule has 5 aliphatic rings. The van der Waals surface area contributed by atoms with E-state index in [1.165, 1.54) is 10.5 Å². The van der Waals surface area contributed by atoms with Crippen molar-refractivity contribution < 1.29 is 24.2 Å². The first-order valence-corrected chi connectivity index (χ1v) is 18.5. The van der Waals surface area contributed by atoms with Crippen molar-refractivity contribution >= 4 is 12.2 Å². The first kappa shape index (κ1) is 32.1. The van der Waals surface area contributed by atoms with Crippen LogP contribution in [0.5, 0.6) is 5.75 Å². The van der Waals surface area contributed by atoms with E-state index in [0.29, 0.717) is 25.0 Å². The number of H-pyrrole nitrogens is 2. The van der Waals surface area contributed by atoms with Gasteiger partial charge in [0.15, 0.2) is 0 Å². The van der Waals surface area contributed by atoms with Crippen LogP contribution in [0.1, 0.15) is 119 Å². The summed E-state index contributed by atoms with van der Waals surface area (Å²) in [7, 11) is 0. The van der Waals surface area contributed by atoms with Crippen LogP contribution in [0.3, 0.4) is 0 Å². The first-order valence-electron chi connectivity index (χ1n) is 18.5. The maximum atomic E-state index is 13.2. The molecule has 2 saturated heterocycles. The van der Waals surface area contributed by atoms with Gasteiger partial charge in [-0.25, -0.2) is 19.6 Å². The number of aryl methyl sites for hydroxylation is 2. The summed E-state index contributed by atoms with van der Waals surface area (Å²) >= 11 is 0. The molecular weight excluding hydrogens is 644 g/mol. The van der Waals surface area contributed by atoms with Crippen molar-refractivity contribution in [2.75, 3.05) is 6.54 Å². The fraction of sp³-hybridized carbons (Fsp3) is 0.500. The number of amides is 2. The molecule has 9 rings (SSSR count). The van der Waals surface area contributed by atoms with E-state index >= 15 is 0 Å². The summed E-state index contributed by atoms with van der Waals surface area (Å²) in [5, 5.41) is 9.87. The molecule has 3 fully saturated rings. The van der Waals surface area contributed by atoms with Gasteiger partial charge >= 0.3 is 12.2 Å². The van der Waals surface area contributed by atoms with Crippen molar-refractivity contribution in [3.8, 4) is 39.4 Å². The summed E-state index contributed by atoms with van der Waals surface area (Å²) in [4.78, 5) is 46.1. The van der Waals surface area contributed by atoms with Crippen LogP contribution in [-0.4, -0.2) is 65.2 Å². The average molecular weight is 691 g/mol. The number of carboxylic acid groups (broad SMARTS) is 1. The molecule has 1 unspecified atom stereocenters. The second kappa shape index (κ2) is 11.6. The Hall–Kier alpha value is -4.80. The number of nitrogens with zero attached hydrogens (tertiary/aromatic N) is 4. The molecule has 1 saturated carbocycles. The fourth-order valence-electron chi connectivity index (χ4n) is 8.76. The number of ether oxygens (including phenoxy) is 2. The Morgan fingerprint density at radius 3 is 2.45 bits per heavy atom. The summed E-state index contributed by atoms with van der Waals surface area (Å²) in [5.74, 6) is 3.22. The number of rotatable bonds is 4. The Labute approximate surface area is 297 Å². The molecule has 11 nitrogen and oxygen atoms in total. The first-order chi connectivity index (χ1) is 24.4. The van der Waals surface area contributed by atoms with Gasteiger partial charge in [-0.2, -0.15) is 0 Å². The quantitative estimate of drug-likeness (QED) is 0.195. The van der Waals surface area contributed by atoms with Crippen molar-refractivity contribution in [1.82, 2.24) is 29.7 Å². The monoisotopic (exact) mass is 690 g/mol. The maximum absolute atomic E-state index is 13.2. The molecule has 3 N–H and O–H groups in total. The van der Waals surface area contributed by atoms with Gasteiger partial charge in [0.1, 0.15) is 29.6 Å². The number of carbonyl (C=O) groups excluding carboxylic acids is 1. The highest BCUT2D eigenvalue weighted by molar-refractivity contribution is 5.83. The van der Waals surface area contributed by atoms with Crippen molar-refractivity contribution in [3.05, 3.63) is 64.5 Å². The summed E-state index contributed by atoms with van der Waals surface area (Å²) in [5.41, 5.74) is 10.3. The number of aromatic amines is 2. The molecule has 266 valence electrons. The largest absolute Gasteiger partial charge is 0.488 e. The Morgan fingerprint density at radius 1 is 0.902 bits per heavy atom. The van der Waals surface area contributed by atoms with Crippen LogP contribution in [0.2, 0.25) is 0 Å². The van der Waals surface area contributed by atoms with E-state index in [4.69, 9.17) is 19.4 Å². The molecule has 2 aliphatic carbocycles. The van der Waals surface area contributed by atoms with Gasteiger partial charge in [0.2, 0.25) is 0 Å². The third-order valence-corrected chi connectivity index (χ3v) is 11.3. The van der Waals surface area contributed by atoms with Crippen molar-refractivity contribution in [3.63, 3.8) is 0 Å². The third-order valence-electron chi connectivity index (χ3n) is 11.3. The molecule has 0 spiro atoms. The predicted molar refractivity (Wildman–Crippen MR) is 192 cm³/mol. The number of carbonyl (C=O) groups is 2. The lowest BCUT2D eigenvalue weighted by Gasteiger charge is -2.27. The van der Waals surface area contributed by atoms with Gasteiger partial charge in [-0.05, 0) is 113 Å². The van der Waals surface area contributed by atoms with Gasteiger partial charge < -0.3 is 24.5 Å². The standard InChI is InChI=1S/C40H46N6O5/c1-20-14-31(45(18-20)39(49)51-40(3,4)5)37-42-33(22-7-8-22)34(43-37)24-9-11-26-25(15-24)19-50-32-17-27-23(16-28(26)32)10-12-29-35(27)44-36(41-29)30-13-6-21(2)46(30)38(47)48/h9,11,15-17,20-22,30-31H,6-8,10,12-14,18-19H2,1-5H3,(H,41,44)(H,42,43)(H,47,48)/t20-,21?,30-,31-/m0/s1. The highest BCUT2D eigenvalue weighted by Crippen LogP contribution is 2.48. The van der Waals surface area contributed by atoms with E-state index in [9.17, 15) is 14.7 Å². The summed E-state index contributed by atoms with van der Waals surface area (Å²) in [6.45, 7) is 11.0. The Morgan fingerprint density at radius 2 is 1.69 bits per heavy atom. The number of hydrogen-bond donors (Lipinski definition) is 3. The molecule has 3 aliphatic heterocycles. The number of aromatic nitrogens is 4. The van der Waals surface area contributed by atoms with E-state index in [-0.39, 0.29) is 24.2 Å². The number of imidazole rings is 2. The van der Waals surface area contributed by atoms with Crippen molar-refractivity contribution in [2.24, 2.45) is 5.92 Å². The molecule has 2 aromatic carbocycles. The smallest absolute Gasteiger partial charge is 0.410 e. The highest BCUT2D eigenvalue weighted by Gasteiger charge is 2.41. The Bertz CT molecular complexity index is 2070. The number of hydrogen-bond acceptors (Lipinski definition) is 6. The molecule has 51 heavy (non-hydrogen) atoms. The summed E-state index contributed by atoms with van der Waals surface area (Å²) in [6, 6.07) is 10.6. The van der Waals surface area contributed by atoms with Gasteiger partial charge in [-0.15, -0.1) is 0 Å². The van der Waals surface area contributed by atoms with Crippen LogP contribution in [-0.2, 0) is 24.2 Å². The van der Waals surface area contributed by atoms with Crippen LogP contribution < -0.4 is 4.74 Å². The van der Waals surface area contributed by atoms with E-state index < -0.39 is 11.7 Å². The van der Waals surface area contributed by atoms with Crippen LogP contribution >= 0.6 is 0 Å². The Kier molecular flexibility index (Phi) is 7.32. The topological polar surface area (TPSA) is 137 Å². The van der Waals surface area contributed by atoms with E-state index in [2.05, 4.69) is 47.2 Å². The molecule has 11 heteroatoms. The third kappa shape index (κ3) is 5.56. The Balaban J connectivity index is 1.02. The predicted octanol–water partition coefficient (Wildman–Crippen LogP) is 8.52. The minimum absolute atomic E-state index is 0.0241. The second-order valence-electron chi connectivity index (χ2n) is 16.4. The normalized spacial score (nSPS) is 23.7. The summed E-state index contributed by atoms with van der Waals surface area (Å²) < 4.78 is 12.2. The molecule has 0 radical (unpaired) electrons. The van der Waals surface area contributed by atoms with Gasteiger partial charge in [-0.1, -0.05) is 19.1 Å². The molecule has 4 atom stereocenters. The van der Waals surface area contributed by atoms with Crippen molar-refractivity contribution in [2.45, 2.75) is 116 Å². The number of likely N-dealkylation sites (tertiary alicyclic amines) is 2. The lowest BCUT2D eigenvalue weighted by Crippen LogP contribution is -2.37. The zero-order valence-corrected chi connectivity index (χ0v) is 30.0. The van der Waals surface area contributed by atoms with Crippen LogP contribution in [0.25, 0.3) is 33.6 Å². The maximum Gasteiger partial charge on any atom is 0.410 e. The highest BCUT2D eigenvalue weighted by atomic mass is 16.6. The number of benzene rings is 2. The lowest BCUT2D eigenvalue weighted by molar-refractivity contribution is 0.0214. The van der Waals surface area contributed by atoms with Gasteiger partial charge in [-0.3, -0.25) is 9.80 Å². The molecule has 0 bridgehead atoms. The summed E-state index contributed by atoms with van der Waals surface area (Å²) in [6.07, 6.45) is 5.23. The van der Waals surface area contributed by atoms with Gasteiger partial charge in [0.05, 0.1) is 23.5 Å². The number of nitrogens with one attached hydrogen (secondary N) is 2. The van der Waals surface area contributed by atoms with Gasteiger partial charge in [0.25, 0.3) is 0 Å². The minimum atomic E-state index is -0.895. The zero-order valence-electron chi connectivity index (χ0n) is 30.0. The van der Waals surface area contributed by atoms with E-state index in [1.54, 1.807) is 0 Å². The average Bonchev–Trinajstić information content (AvgIpc) is 3.39.